The standard InChI is InChI=1S/C14H19NO4/c1-18-13-3-2-11(8-12(13)9-14(16)17)10-15-4-6-19-7-5-15/h2-3,8H,4-7,9-10H2,1H3,(H,16,17). The van der Waals surface area contributed by atoms with E-state index in [2.05, 4.69) is 4.90 Å². The second-order valence-corrected chi connectivity index (χ2v) is 4.61. The smallest absolute Gasteiger partial charge is 0.307 e. The Bertz CT molecular complexity index is 441. The highest BCUT2D eigenvalue weighted by atomic mass is 16.5. The van der Waals surface area contributed by atoms with Gasteiger partial charge in [-0.3, -0.25) is 9.69 Å². The topological polar surface area (TPSA) is 59.0 Å². The van der Waals surface area contributed by atoms with Crippen LogP contribution >= 0.6 is 0 Å². The van der Waals surface area contributed by atoms with Crippen molar-refractivity contribution < 1.29 is 19.4 Å². The van der Waals surface area contributed by atoms with E-state index >= 15 is 0 Å². The number of hydrogen-bond donors (Lipinski definition) is 1. The van der Waals surface area contributed by atoms with E-state index in [1.54, 1.807) is 7.11 Å². The summed E-state index contributed by atoms with van der Waals surface area (Å²) in [5.74, 6) is -0.213. The maximum atomic E-state index is 10.9. The zero-order chi connectivity index (χ0) is 13.7. The van der Waals surface area contributed by atoms with Crippen LogP contribution in [-0.4, -0.2) is 49.4 Å². The van der Waals surface area contributed by atoms with Crippen LogP contribution in [0.5, 0.6) is 5.75 Å². The van der Waals surface area contributed by atoms with E-state index in [1.807, 2.05) is 18.2 Å². The average Bonchev–Trinajstić information content (AvgIpc) is 2.39. The molecule has 1 aliphatic rings. The van der Waals surface area contributed by atoms with Gasteiger partial charge in [-0.05, 0) is 11.6 Å². The Morgan fingerprint density at radius 3 is 2.79 bits per heavy atom. The molecule has 1 aliphatic heterocycles. The predicted molar refractivity (Wildman–Crippen MR) is 70.4 cm³/mol. The molecule has 19 heavy (non-hydrogen) atoms. The van der Waals surface area contributed by atoms with E-state index < -0.39 is 5.97 Å². The first-order valence-corrected chi connectivity index (χ1v) is 6.36. The summed E-state index contributed by atoms with van der Waals surface area (Å²) < 4.78 is 10.5. The fraction of sp³-hybridized carbons (Fsp3) is 0.500. The number of carboxylic acid groups (broad SMARTS) is 1. The van der Waals surface area contributed by atoms with Crippen LogP contribution in [-0.2, 0) is 22.5 Å². The van der Waals surface area contributed by atoms with Crippen LogP contribution in [0.3, 0.4) is 0 Å². The molecule has 1 fully saturated rings. The van der Waals surface area contributed by atoms with Crippen molar-refractivity contribution in [2.24, 2.45) is 0 Å². The van der Waals surface area contributed by atoms with Crippen molar-refractivity contribution in [3.05, 3.63) is 29.3 Å². The highest BCUT2D eigenvalue weighted by molar-refractivity contribution is 5.71. The van der Waals surface area contributed by atoms with Crippen molar-refractivity contribution >= 4 is 5.97 Å². The number of morpholine rings is 1. The van der Waals surface area contributed by atoms with Crippen molar-refractivity contribution in [3.63, 3.8) is 0 Å². The van der Waals surface area contributed by atoms with E-state index in [0.29, 0.717) is 5.75 Å². The van der Waals surface area contributed by atoms with Crippen LogP contribution in [0.4, 0.5) is 0 Å². The molecule has 1 saturated heterocycles. The highest BCUT2D eigenvalue weighted by Crippen LogP contribution is 2.21. The number of nitrogens with zero attached hydrogens (tertiary/aromatic N) is 1. The minimum Gasteiger partial charge on any atom is -0.496 e. The lowest BCUT2D eigenvalue weighted by Gasteiger charge is -2.26. The Hall–Kier alpha value is -1.59. The van der Waals surface area contributed by atoms with Crippen LogP contribution in [0.1, 0.15) is 11.1 Å². The van der Waals surface area contributed by atoms with Crippen LogP contribution in [0.25, 0.3) is 0 Å². The number of aliphatic carboxylic acids is 1. The van der Waals surface area contributed by atoms with Gasteiger partial charge in [-0.25, -0.2) is 0 Å². The Kier molecular flexibility index (Phi) is 4.76. The molecule has 1 aromatic rings. The van der Waals surface area contributed by atoms with Crippen molar-refractivity contribution in [2.45, 2.75) is 13.0 Å². The molecule has 2 rings (SSSR count). The molecule has 0 radical (unpaired) electrons. The molecule has 5 nitrogen and oxygen atoms in total. The maximum absolute atomic E-state index is 10.9. The third kappa shape index (κ3) is 3.94. The number of carbonyl (C=O) groups is 1. The summed E-state index contributed by atoms with van der Waals surface area (Å²) in [6.07, 6.45) is -0.0138. The molecule has 1 aromatic carbocycles. The van der Waals surface area contributed by atoms with Crippen LogP contribution in [0.15, 0.2) is 18.2 Å². The van der Waals surface area contributed by atoms with Crippen molar-refractivity contribution in [1.29, 1.82) is 0 Å². The predicted octanol–water partition coefficient (Wildman–Crippen LogP) is 1.15. The lowest BCUT2D eigenvalue weighted by Crippen LogP contribution is -2.35. The number of methoxy groups -OCH3 is 1. The van der Waals surface area contributed by atoms with Crippen molar-refractivity contribution in [2.75, 3.05) is 33.4 Å². The molecule has 104 valence electrons. The molecule has 0 amide bonds. The van der Waals surface area contributed by atoms with Gasteiger partial charge in [0.1, 0.15) is 5.75 Å². The molecular formula is C14H19NO4. The summed E-state index contributed by atoms with van der Waals surface area (Å²) in [4.78, 5) is 13.2. The summed E-state index contributed by atoms with van der Waals surface area (Å²) >= 11 is 0. The summed E-state index contributed by atoms with van der Waals surface area (Å²) in [5, 5.41) is 8.92. The zero-order valence-electron chi connectivity index (χ0n) is 11.1. The summed E-state index contributed by atoms with van der Waals surface area (Å²) in [5.41, 5.74) is 1.83. The molecule has 0 atom stereocenters. The number of carboxylic acids is 1. The summed E-state index contributed by atoms with van der Waals surface area (Å²) in [6, 6.07) is 5.75. The summed E-state index contributed by atoms with van der Waals surface area (Å²) in [7, 11) is 1.56. The van der Waals surface area contributed by atoms with Gasteiger partial charge >= 0.3 is 5.97 Å². The van der Waals surface area contributed by atoms with Crippen molar-refractivity contribution in [1.82, 2.24) is 4.90 Å². The third-order valence-corrected chi connectivity index (χ3v) is 3.20. The molecular weight excluding hydrogens is 246 g/mol. The SMILES string of the molecule is COc1ccc(CN2CCOCC2)cc1CC(=O)O. The minimum absolute atomic E-state index is 0.0138. The van der Waals surface area contributed by atoms with Gasteiger partial charge in [-0.15, -0.1) is 0 Å². The van der Waals surface area contributed by atoms with Gasteiger partial charge in [-0.2, -0.15) is 0 Å². The van der Waals surface area contributed by atoms with Crippen LogP contribution < -0.4 is 4.74 Å². The summed E-state index contributed by atoms with van der Waals surface area (Å²) in [6.45, 7) is 4.18. The third-order valence-electron chi connectivity index (χ3n) is 3.20. The second kappa shape index (κ2) is 6.54. The highest BCUT2D eigenvalue weighted by Gasteiger charge is 2.13. The second-order valence-electron chi connectivity index (χ2n) is 4.61. The average molecular weight is 265 g/mol. The molecule has 0 bridgehead atoms. The number of benzene rings is 1. The monoisotopic (exact) mass is 265 g/mol. The lowest BCUT2D eigenvalue weighted by molar-refractivity contribution is -0.136. The van der Waals surface area contributed by atoms with Crippen LogP contribution in [0, 0.1) is 0 Å². The molecule has 0 aliphatic carbocycles. The molecule has 0 saturated carbocycles. The molecule has 1 N–H and O–H groups in total. The van der Waals surface area contributed by atoms with Gasteiger partial charge < -0.3 is 14.6 Å². The number of ether oxygens (including phenoxy) is 2. The first-order chi connectivity index (χ1) is 9.19. The molecule has 0 unspecified atom stereocenters. The van der Waals surface area contributed by atoms with E-state index in [0.717, 1.165) is 44.0 Å². The maximum Gasteiger partial charge on any atom is 0.307 e. The van der Waals surface area contributed by atoms with Gasteiger partial charge in [0, 0.05) is 25.2 Å². The number of hydrogen-bond acceptors (Lipinski definition) is 4. The Morgan fingerprint density at radius 1 is 1.42 bits per heavy atom. The van der Waals surface area contributed by atoms with Gasteiger partial charge in [-0.1, -0.05) is 12.1 Å². The molecule has 5 heteroatoms. The molecule has 1 heterocycles. The van der Waals surface area contributed by atoms with E-state index in [9.17, 15) is 4.79 Å². The zero-order valence-corrected chi connectivity index (χ0v) is 11.1. The first kappa shape index (κ1) is 13.8. The fourth-order valence-electron chi connectivity index (χ4n) is 2.25. The Labute approximate surface area is 112 Å². The lowest BCUT2D eigenvalue weighted by atomic mass is 10.1. The largest absolute Gasteiger partial charge is 0.496 e. The quantitative estimate of drug-likeness (QED) is 0.865. The van der Waals surface area contributed by atoms with E-state index in [1.165, 1.54) is 0 Å². The fourth-order valence-corrected chi connectivity index (χ4v) is 2.25. The molecule has 0 aromatic heterocycles. The van der Waals surface area contributed by atoms with Gasteiger partial charge in [0.25, 0.3) is 0 Å². The van der Waals surface area contributed by atoms with E-state index in [4.69, 9.17) is 14.6 Å². The Balaban J connectivity index is 2.09. The van der Waals surface area contributed by atoms with Gasteiger partial charge in [0.15, 0.2) is 0 Å². The van der Waals surface area contributed by atoms with Gasteiger partial charge in [0.2, 0.25) is 0 Å². The minimum atomic E-state index is -0.846. The molecule has 0 spiro atoms. The number of rotatable bonds is 5. The van der Waals surface area contributed by atoms with Crippen molar-refractivity contribution in [3.8, 4) is 5.75 Å². The first-order valence-electron chi connectivity index (χ1n) is 6.36. The normalized spacial score (nSPS) is 16.3. The Morgan fingerprint density at radius 2 is 2.16 bits per heavy atom. The van der Waals surface area contributed by atoms with E-state index in [-0.39, 0.29) is 6.42 Å². The van der Waals surface area contributed by atoms with Crippen LogP contribution in [0.2, 0.25) is 0 Å². The van der Waals surface area contributed by atoms with Gasteiger partial charge in [0.05, 0.1) is 26.7 Å².